The number of urea groups is 1. The van der Waals surface area contributed by atoms with E-state index in [2.05, 4.69) is 10.6 Å². The van der Waals surface area contributed by atoms with Crippen molar-refractivity contribution in [2.24, 2.45) is 5.92 Å². The Morgan fingerprint density at radius 3 is 2.21 bits per heavy atom. The van der Waals surface area contributed by atoms with Gasteiger partial charge >= 0.3 is 6.03 Å². The number of rotatable bonds is 4. The van der Waals surface area contributed by atoms with Crippen LogP contribution >= 0.6 is 0 Å². The Hall–Kier alpha value is -1.59. The van der Waals surface area contributed by atoms with E-state index in [1.165, 1.54) is 19.3 Å². The fraction of sp³-hybridized carbons (Fsp3) is 0.833. The molecule has 0 unspecified atom stereocenters. The van der Waals surface area contributed by atoms with E-state index in [9.17, 15) is 14.4 Å². The first kappa shape index (κ1) is 17.2. The van der Waals surface area contributed by atoms with Gasteiger partial charge in [0.25, 0.3) is 5.91 Å². The molecule has 0 aromatic rings. The summed E-state index contributed by atoms with van der Waals surface area (Å²) < 4.78 is 0. The van der Waals surface area contributed by atoms with Crippen molar-refractivity contribution in [1.82, 2.24) is 15.5 Å². The van der Waals surface area contributed by atoms with Gasteiger partial charge in [0.15, 0.2) is 0 Å². The number of imide groups is 1. The van der Waals surface area contributed by atoms with Crippen molar-refractivity contribution in [3.8, 4) is 0 Å². The lowest BCUT2D eigenvalue weighted by atomic mass is 9.84. The maximum atomic E-state index is 12.6. The summed E-state index contributed by atoms with van der Waals surface area (Å²) >= 11 is 0. The fourth-order valence-electron chi connectivity index (χ4n) is 4.32. The summed E-state index contributed by atoms with van der Waals surface area (Å²) in [6, 6.07) is -0.648. The first-order valence-electron chi connectivity index (χ1n) is 9.56. The van der Waals surface area contributed by atoms with Crippen LogP contribution in [0.5, 0.6) is 0 Å². The van der Waals surface area contributed by atoms with Crippen molar-refractivity contribution < 1.29 is 14.4 Å². The monoisotopic (exact) mass is 335 g/mol. The second-order valence-electron chi connectivity index (χ2n) is 7.51. The third-order valence-electron chi connectivity index (χ3n) is 5.70. The molecule has 1 saturated heterocycles. The number of nitrogens with zero attached hydrogens (tertiary/aromatic N) is 1. The van der Waals surface area contributed by atoms with Crippen LogP contribution in [-0.4, -0.2) is 41.4 Å². The van der Waals surface area contributed by atoms with Crippen LogP contribution in [0.3, 0.4) is 0 Å². The normalized spacial score (nSPS) is 27.0. The maximum Gasteiger partial charge on any atom is 0.325 e. The zero-order valence-electron chi connectivity index (χ0n) is 14.4. The zero-order valence-corrected chi connectivity index (χ0v) is 14.4. The first-order chi connectivity index (χ1) is 11.6. The Balaban J connectivity index is 1.53. The van der Waals surface area contributed by atoms with Gasteiger partial charge in [0.1, 0.15) is 12.6 Å². The Morgan fingerprint density at radius 1 is 0.958 bits per heavy atom. The van der Waals surface area contributed by atoms with Crippen molar-refractivity contribution in [3.63, 3.8) is 0 Å². The van der Waals surface area contributed by atoms with Crippen molar-refractivity contribution in [2.75, 3.05) is 6.54 Å². The molecule has 2 aliphatic carbocycles. The van der Waals surface area contributed by atoms with Gasteiger partial charge in [0.2, 0.25) is 5.91 Å². The first-order valence-corrected chi connectivity index (χ1v) is 9.56. The van der Waals surface area contributed by atoms with Crippen LogP contribution in [0, 0.1) is 5.92 Å². The molecule has 2 N–H and O–H groups in total. The number of carbonyl (C=O) groups excluding carboxylic acids is 3. The van der Waals surface area contributed by atoms with Gasteiger partial charge in [-0.15, -0.1) is 0 Å². The molecule has 2 saturated carbocycles. The van der Waals surface area contributed by atoms with Crippen molar-refractivity contribution in [3.05, 3.63) is 0 Å². The Morgan fingerprint density at radius 2 is 1.54 bits per heavy atom. The minimum Gasteiger partial charge on any atom is -0.352 e. The number of carbonyl (C=O) groups is 3. The predicted octanol–water partition coefficient (Wildman–Crippen LogP) is 2.33. The lowest BCUT2D eigenvalue weighted by Gasteiger charge is -2.25. The van der Waals surface area contributed by atoms with Crippen LogP contribution < -0.4 is 10.6 Å². The molecule has 6 heteroatoms. The molecule has 0 bridgehead atoms. The third-order valence-corrected chi connectivity index (χ3v) is 5.70. The second-order valence-corrected chi connectivity index (χ2v) is 7.51. The van der Waals surface area contributed by atoms with E-state index >= 15 is 0 Å². The molecule has 134 valence electrons. The van der Waals surface area contributed by atoms with Crippen molar-refractivity contribution in [2.45, 2.75) is 82.7 Å². The summed E-state index contributed by atoms with van der Waals surface area (Å²) in [6.45, 7) is -0.148. The number of nitrogens with one attached hydrogen (secondary N) is 2. The molecule has 4 amide bonds. The van der Waals surface area contributed by atoms with E-state index < -0.39 is 12.1 Å². The highest BCUT2D eigenvalue weighted by Gasteiger charge is 2.43. The quantitative estimate of drug-likeness (QED) is 0.611. The molecule has 3 aliphatic rings. The summed E-state index contributed by atoms with van der Waals surface area (Å²) in [6.07, 6.45) is 12.1. The van der Waals surface area contributed by atoms with Gasteiger partial charge in [-0.2, -0.15) is 0 Å². The second kappa shape index (κ2) is 7.99. The maximum absolute atomic E-state index is 12.6. The van der Waals surface area contributed by atoms with E-state index in [0.29, 0.717) is 0 Å². The summed E-state index contributed by atoms with van der Waals surface area (Å²) in [5, 5.41) is 5.81. The highest BCUT2D eigenvalue weighted by molar-refractivity contribution is 6.06. The Bertz CT molecular complexity index is 480. The van der Waals surface area contributed by atoms with Crippen LogP contribution in [0.1, 0.15) is 70.6 Å². The molecule has 1 aliphatic heterocycles. The van der Waals surface area contributed by atoms with Gasteiger partial charge in [-0.1, -0.05) is 44.9 Å². The van der Waals surface area contributed by atoms with Crippen molar-refractivity contribution >= 4 is 17.8 Å². The summed E-state index contributed by atoms with van der Waals surface area (Å²) in [4.78, 5) is 38.1. The number of amides is 4. The van der Waals surface area contributed by atoms with E-state index in [4.69, 9.17) is 0 Å². The number of hydrogen-bond donors (Lipinski definition) is 2. The standard InChI is InChI=1S/C18H29N3O3/c22-15(19-14-10-6-1-2-7-11-14)12-21-17(23)16(20-18(21)24)13-8-4-3-5-9-13/h13-14,16H,1-12H2,(H,19,22)(H,20,24)/t16-/m0/s1. The molecule has 1 heterocycles. The molecule has 0 aromatic heterocycles. The summed E-state index contributed by atoms with van der Waals surface area (Å²) in [7, 11) is 0. The summed E-state index contributed by atoms with van der Waals surface area (Å²) in [5.41, 5.74) is 0. The molecular weight excluding hydrogens is 306 g/mol. The van der Waals surface area contributed by atoms with E-state index in [0.717, 1.165) is 56.3 Å². The molecule has 1 atom stereocenters. The average molecular weight is 335 g/mol. The lowest BCUT2D eigenvalue weighted by Crippen LogP contribution is -2.44. The topological polar surface area (TPSA) is 78.5 Å². The van der Waals surface area contributed by atoms with Gasteiger partial charge in [0, 0.05) is 6.04 Å². The number of hydrogen-bond acceptors (Lipinski definition) is 3. The van der Waals surface area contributed by atoms with Crippen LogP contribution in [0.25, 0.3) is 0 Å². The van der Waals surface area contributed by atoms with Crippen LogP contribution in [0.2, 0.25) is 0 Å². The molecule has 0 radical (unpaired) electrons. The molecule has 6 nitrogen and oxygen atoms in total. The van der Waals surface area contributed by atoms with Gasteiger partial charge in [-0.05, 0) is 31.6 Å². The molecule has 0 aromatic carbocycles. The van der Waals surface area contributed by atoms with Crippen LogP contribution in [0.4, 0.5) is 4.79 Å². The van der Waals surface area contributed by atoms with E-state index in [-0.39, 0.29) is 30.3 Å². The van der Waals surface area contributed by atoms with Gasteiger partial charge in [-0.3, -0.25) is 14.5 Å². The van der Waals surface area contributed by atoms with Crippen molar-refractivity contribution in [1.29, 1.82) is 0 Å². The molecule has 24 heavy (non-hydrogen) atoms. The minimum absolute atomic E-state index is 0.148. The largest absolute Gasteiger partial charge is 0.352 e. The smallest absolute Gasteiger partial charge is 0.325 e. The fourth-order valence-corrected chi connectivity index (χ4v) is 4.32. The highest BCUT2D eigenvalue weighted by Crippen LogP contribution is 2.29. The zero-order chi connectivity index (χ0) is 16.9. The average Bonchev–Trinajstić information content (AvgIpc) is 2.77. The van der Waals surface area contributed by atoms with Gasteiger partial charge in [-0.25, -0.2) is 4.79 Å². The van der Waals surface area contributed by atoms with Gasteiger partial charge < -0.3 is 10.6 Å². The lowest BCUT2D eigenvalue weighted by molar-refractivity contribution is -0.133. The van der Waals surface area contributed by atoms with E-state index in [1.807, 2.05) is 0 Å². The van der Waals surface area contributed by atoms with Gasteiger partial charge in [0.05, 0.1) is 0 Å². The molecule has 3 rings (SSSR count). The van der Waals surface area contributed by atoms with Crippen LogP contribution in [-0.2, 0) is 9.59 Å². The Kier molecular flexibility index (Phi) is 5.74. The minimum atomic E-state index is -0.427. The molecule has 0 spiro atoms. The third kappa shape index (κ3) is 4.08. The molecule has 3 fully saturated rings. The molecular formula is C18H29N3O3. The SMILES string of the molecule is O=C(CN1C(=O)N[C@@H](C2CCCCC2)C1=O)NC1CCCCCC1. The highest BCUT2D eigenvalue weighted by atomic mass is 16.2. The predicted molar refractivity (Wildman–Crippen MR) is 90.2 cm³/mol. The van der Waals surface area contributed by atoms with E-state index in [1.54, 1.807) is 0 Å². The Labute approximate surface area is 143 Å². The summed E-state index contributed by atoms with van der Waals surface area (Å²) in [5.74, 6) is -0.206. The van der Waals surface area contributed by atoms with Crippen LogP contribution in [0.15, 0.2) is 0 Å².